The molecule has 4 aromatic rings. The van der Waals surface area contributed by atoms with E-state index < -0.39 is 11.8 Å². The maximum atomic E-state index is 12.8. The Morgan fingerprint density at radius 1 is 1.02 bits per heavy atom. The molecule has 0 unspecified atom stereocenters. The van der Waals surface area contributed by atoms with E-state index in [1.54, 1.807) is 68.8 Å². The highest BCUT2D eigenvalue weighted by Gasteiger charge is 2.19. The van der Waals surface area contributed by atoms with Gasteiger partial charge in [-0.2, -0.15) is 5.10 Å². The molecule has 11 heteroatoms. The van der Waals surface area contributed by atoms with Gasteiger partial charge in [0.2, 0.25) is 11.8 Å². The third-order valence-electron chi connectivity index (χ3n) is 6.02. The number of benzene rings is 3. The number of carbonyl (C=O) groups excluding carboxylic acids is 3. The minimum Gasteiger partial charge on any atom is -0.486 e. The van der Waals surface area contributed by atoms with Crippen molar-refractivity contribution in [1.82, 2.24) is 20.8 Å². The van der Waals surface area contributed by atoms with E-state index in [0.29, 0.717) is 33.1 Å². The van der Waals surface area contributed by atoms with E-state index in [1.807, 2.05) is 18.2 Å². The van der Waals surface area contributed by atoms with E-state index in [0.717, 1.165) is 10.9 Å². The first-order valence-electron chi connectivity index (χ1n) is 12.1. The summed E-state index contributed by atoms with van der Waals surface area (Å²) in [4.78, 5) is 38.1. The van der Waals surface area contributed by atoms with Gasteiger partial charge < -0.3 is 20.3 Å². The van der Waals surface area contributed by atoms with Crippen LogP contribution < -0.4 is 20.3 Å². The minimum absolute atomic E-state index is 0.0366. The molecule has 0 aliphatic carbocycles. The van der Waals surface area contributed by atoms with Crippen molar-refractivity contribution < 1.29 is 19.1 Å². The molecule has 0 saturated carbocycles. The van der Waals surface area contributed by atoms with Crippen LogP contribution in [-0.4, -0.2) is 48.6 Å². The van der Waals surface area contributed by atoms with Crippen LogP contribution in [0.25, 0.3) is 17.0 Å². The second-order valence-electron chi connectivity index (χ2n) is 8.58. The molecule has 0 bridgehead atoms. The third kappa shape index (κ3) is 6.74. The van der Waals surface area contributed by atoms with Crippen molar-refractivity contribution in [1.29, 1.82) is 0 Å². The summed E-state index contributed by atoms with van der Waals surface area (Å²) in [7, 11) is 3.11. The maximum absolute atomic E-state index is 12.8. The maximum Gasteiger partial charge on any atom is 0.251 e. The molecule has 3 aromatic carbocycles. The molecule has 40 heavy (non-hydrogen) atoms. The summed E-state index contributed by atoms with van der Waals surface area (Å²) in [5.74, 6) is -0.523. The molecular formula is C29H25Cl2N5O4. The van der Waals surface area contributed by atoms with Gasteiger partial charge in [-0.1, -0.05) is 47.5 Å². The molecule has 4 rings (SSSR count). The van der Waals surface area contributed by atoms with Gasteiger partial charge in [0.15, 0.2) is 0 Å². The molecular weight excluding hydrogens is 553 g/mol. The van der Waals surface area contributed by atoms with Crippen molar-refractivity contribution in [3.63, 3.8) is 0 Å². The predicted molar refractivity (Wildman–Crippen MR) is 156 cm³/mol. The Kier molecular flexibility index (Phi) is 9.31. The molecule has 1 aromatic heterocycles. The van der Waals surface area contributed by atoms with Gasteiger partial charge in [0, 0.05) is 41.7 Å². The van der Waals surface area contributed by atoms with Gasteiger partial charge in [-0.3, -0.25) is 14.4 Å². The van der Waals surface area contributed by atoms with Crippen LogP contribution in [0.3, 0.4) is 0 Å². The number of ether oxygens (including phenoxy) is 1. The Morgan fingerprint density at radius 3 is 2.55 bits per heavy atom. The van der Waals surface area contributed by atoms with Gasteiger partial charge in [-0.25, -0.2) is 0 Å². The number of halogens is 2. The van der Waals surface area contributed by atoms with Crippen molar-refractivity contribution in [2.24, 2.45) is 0 Å². The summed E-state index contributed by atoms with van der Waals surface area (Å²) in [6.45, 7) is -0.219. The zero-order chi connectivity index (χ0) is 28.6. The molecule has 3 amide bonds. The third-order valence-corrected chi connectivity index (χ3v) is 6.80. The molecule has 0 aliphatic rings. The SMILES string of the molecule is CNC(=O)c1ccc(/C=C/C(=O)NCC(=O)N(C)c2ccc(Cl)c(COc3cccc4ccnnc34)c2Cl)cc1. The summed E-state index contributed by atoms with van der Waals surface area (Å²) in [5, 5.41) is 14.7. The Morgan fingerprint density at radius 2 is 1.80 bits per heavy atom. The summed E-state index contributed by atoms with van der Waals surface area (Å²) >= 11 is 13.1. The Bertz CT molecular complexity index is 1590. The first-order valence-corrected chi connectivity index (χ1v) is 12.9. The zero-order valence-electron chi connectivity index (χ0n) is 21.7. The molecule has 0 radical (unpaired) electrons. The average Bonchev–Trinajstić information content (AvgIpc) is 2.98. The summed E-state index contributed by atoms with van der Waals surface area (Å²) in [5.41, 5.74) is 2.75. The van der Waals surface area contributed by atoms with Crippen LogP contribution in [0.1, 0.15) is 21.5 Å². The van der Waals surface area contributed by atoms with Crippen LogP contribution in [0.15, 0.2) is 72.9 Å². The second kappa shape index (κ2) is 13.1. The smallest absolute Gasteiger partial charge is 0.251 e. The van der Waals surface area contributed by atoms with Crippen molar-refractivity contribution in [3.05, 3.63) is 99.7 Å². The van der Waals surface area contributed by atoms with Gasteiger partial charge in [-0.15, -0.1) is 5.10 Å². The van der Waals surface area contributed by atoms with Crippen molar-refractivity contribution >= 4 is 63.6 Å². The van der Waals surface area contributed by atoms with Gasteiger partial charge in [-0.05, 0) is 48.0 Å². The molecule has 0 atom stereocenters. The lowest BCUT2D eigenvalue weighted by molar-refractivity contribution is -0.122. The highest BCUT2D eigenvalue weighted by atomic mass is 35.5. The van der Waals surface area contributed by atoms with Gasteiger partial charge in [0.25, 0.3) is 5.91 Å². The molecule has 2 N–H and O–H groups in total. The number of nitrogens with zero attached hydrogens (tertiary/aromatic N) is 3. The van der Waals surface area contributed by atoms with E-state index in [2.05, 4.69) is 20.8 Å². The highest BCUT2D eigenvalue weighted by Crippen LogP contribution is 2.35. The molecule has 0 fully saturated rings. The van der Waals surface area contributed by atoms with E-state index in [4.69, 9.17) is 27.9 Å². The fourth-order valence-electron chi connectivity index (χ4n) is 3.76. The van der Waals surface area contributed by atoms with Crippen LogP contribution in [-0.2, 0) is 16.2 Å². The number of rotatable bonds is 9. The van der Waals surface area contributed by atoms with Gasteiger partial charge in [0.05, 0.1) is 23.5 Å². The Hall–Kier alpha value is -4.47. The van der Waals surface area contributed by atoms with Crippen molar-refractivity contribution in [3.8, 4) is 5.75 Å². The van der Waals surface area contributed by atoms with Crippen LogP contribution in [0, 0.1) is 0 Å². The number of hydrogen-bond acceptors (Lipinski definition) is 6. The summed E-state index contributed by atoms with van der Waals surface area (Å²) in [6.07, 6.45) is 4.49. The lowest BCUT2D eigenvalue weighted by Crippen LogP contribution is -2.37. The number of hydrogen-bond donors (Lipinski definition) is 2. The lowest BCUT2D eigenvalue weighted by Gasteiger charge is -2.21. The fraction of sp³-hybridized carbons (Fsp3) is 0.138. The van der Waals surface area contributed by atoms with E-state index in [1.165, 1.54) is 11.0 Å². The van der Waals surface area contributed by atoms with E-state index in [-0.39, 0.29) is 24.1 Å². The number of likely N-dealkylation sites (N-methyl/N-ethyl adjacent to an activating group) is 1. The quantitative estimate of drug-likeness (QED) is 0.279. The van der Waals surface area contributed by atoms with E-state index >= 15 is 0 Å². The molecule has 9 nitrogen and oxygen atoms in total. The number of amides is 3. The first kappa shape index (κ1) is 28.5. The number of carbonyl (C=O) groups is 3. The highest BCUT2D eigenvalue weighted by molar-refractivity contribution is 6.38. The standard InChI is InChI=1S/C29H25Cl2N5O4/c1-32-29(39)20-9-6-18(7-10-20)8-13-25(37)33-16-26(38)36(2)23-12-11-22(30)21(27(23)31)17-40-24-5-3-4-19-14-15-34-35-28(19)24/h3-15H,16-17H2,1-2H3,(H,32,39)(H,33,37)/b13-8+. The zero-order valence-corrected chi connectivity index (χ0v) is 23.2. The van der Waals surface area contributed by atoms with Gasteiger partial charge >= 0.3 is 0 Å². The fourth-order valence-corrected chi connectivity index (χ4v) is 4.37. The van der Waals surface area contributed by atoms with Crippen LogP contribution in [0.2, 0.25) is 10.0 Å². The second-order valence-corrected chi connectivity index (χ2v) is 9.36. The van der Waals surface area contributed by atoms with Crippen LogP contribution in [0.5, 0.6) is 5.75 Å². The normalized spacial score (nSPS) is 10.9. The van der Waals surface area contributed by atoms with Crippen LogP contribution in [0.4, 0.5) is 5.69 Å². The molecule has 0 spiro atoms. The van der Waals surface area contributed by atoms with E-state index in [9.17, 15) is 14.4 Å². The molecule has 204 valence electrons. The Balaban J connectivity index is 1.38. The summed E-state index contributed by atoms with van der Waals surface area (Å²) in [6, 6.07) is 17.3. The molecule has 0 aliphatic heterocycles. The summed E-state index contributed by atoms with van der Waals surface area (Å²) < 4.78 is 5.97. The van der Waals surface area contributed by atoms with Crippen molar-refractivity contribution in [2.45, 2.75) is 6.61 Å². The number of aromatic nitrogens is 2. The largest absolute Gasteiger partial charge is 0.486 e. The monoisotopic (exact) mass is 577 g/mol. The van der Waals surface area contributed by atoms with Crippen LogP contribution >= 0.6 is 23.2 Å². The minimum atomic E-state index is -0.452. The molecule has 1 heterocycles. The average molecular weight is 578 g/mol. The number of anilines is 1. The topological polar surface area (TPSA) is 114 Å². The Labute approximate surface area is 240 Å². The first-order chi connectivity index (χ1) is 19.3. The van der Waals surface area contributed by atoms with Gasteiger partial charge in [0.1, 0.15) is 17.9 Å². The lowest BCUT2D eigenvalue weighted by atomic mass is 10.1. The predicted octanol–water partition coefficient (Wildman–Crippen LogP) is 4.67. The molecule has 0 saturated heterocycles. The van der Waals surface area contributed by atoms with Crippen molar-refractivity contribution in [2.75, 3.05) is 25.5 Å². The number of nitrogens with one attached hydrogen (secondary N) is 2. The number of fused-ring (bicyclic) bond motifs is 1.